The first-order valence-corrected chi connectivity index (χ1v) is 5.84. The van der Waals surface area contributed by atoms with Crippen LogP contribution in [0.5, 0.6) is 5.75 Å². The summed E-state index contributed by atoms with van der Waals surface area (Å²) in [5.41, 5.74) is 3.74. The highest BCUT2D eigenvalue weighted by molar-refractivity contribution is 5.88. The van der Waals surface area contributed by atoms with E-state index >= 15 is 0 Å². The van der Waals surface area contributed by atoms with Crippen molar-refractivity contribution in [1.82, 2.24) is 4.98 Å². The Morgan fingerprint density at radius 1 is 1.44 bits per heavy atom. The van der Waals surface area contributed by atoms with Crippen LogP contribution in [0.25, 0.3) is 10.9 Å². The molecule has 1 heterocycles. The number of aryl methyl sites for hydroxylation is 1. The van der Waals surface area contributed by atoms with E-state index in [1.54, 1.807) is 13.2 Å². The van der Waals surface area contributed by atoms with Crippen molar-refractivity contribution in [2.24, 2.45) is 5.84 Å². The van der Waals surface area contributed by atoms with Crippen LogP contribution in [0.15, 0.2) is 18.2 Å². The molecule has 0 unspecified atom stereocenters. The molecule has 0 amide bonds. The van der Waals surface area contributed by atoms with Crippen LogP contribution in [0.2, 0.25) is 0 Å². The molecule has 96 valence electrons. The van der Waals surface area contributed by atoms with Gasteiger partial charge in [-0.05, 0) is 30.2 Å². The minimum absolute atomic E-state index is 0.266. The zero-order valence-corrected chi connectivity index (χ0v) is 10.5. The van der Waals surface area contributed by atoms with Gasteiger partial charge in [0.2, 0.25) is 0 Å². The molecule has 1 aromatic carbocycles. The van der Waals surface area contributed by atoms with Crippen molar-refractivity contribution in [3.05, 3.63) is 29.6 Å². The summed E-state index contributed by atoms with van der Waals surface area (Å²) < 4.78 is 19.0. The van der Waals surface area contributed by atoms with E-state index in [0.717, 1.165) is 18.4 Å². The van der Waals surface area contributed by atoms with Gasteiger partial charge in [0.25, 0.3) is 0 Å². The van der Waals surface area contributed by atoms with Crippen molar-refractivity contribution in [2.45, 2.75) is 19.8 Å². The maximum atomic E-state index is 13.7. The molecule has 1 aromatic heterocycles. The fourth-order valence-corrected chi connectivity index (χ4v) is 2.01. The number of nitrogen functional groups attached to an aromatic ring is 1. The number of methoxy groups -OCH3 is 1. The number of hydrogen-bond donors (Lipinski definition) is 2. The number of hydrazine groups is 1. The second kappa shape index (κ2) is 5.18. The van der Waals surface area contributed by atoms with Gasteiger partial charge in [0.15, 0.2) is 0 Å². The van der Waals surface area contributed by atoms with E-state index in [1.165, 1.54) is 6.07 Å². The number of nitrogens with one attached hydrogen (secondary N) is 1. The average Bonchev–Trinajstić information content (AvgIpc) is 2.39. The Balaban J connectivity index is 2.73. The molecule has 5 heteroatoms. The van der Waals surface area contributed by atoms with E-state index < -0.39 is 0 Å². The molecule has 0 saturated heterocycles. The van der Waals surface area contributed by atoms with E-state index in [-0.39, 0.29) is 11.3 Å². The van der Waals surface area contributed by atoms with E-state index in [4.69, 9.17) is 10.6 Å². The van der Waals surface area contributed by atoms with Gasteiger partial charge in [0, 0.05) is 5.39 Å². The summed E-state index contributed by atoms with van der Waals surface area (Å²) in [7, 11) is 1.56. The number of hydrogen-bond acceptors (Lipinski definition) is 4. The number of fused-ring (bicyclic) bond motifs is 1. The lowest BCUT2D eigenvalue weighted by atomic mass is 10.1. The lowest BCUT2D eigenvalue weighted by Crippen LogP contribution is -2.11. The number of anilines is 1. The summed E-state index contributed by atoms with van der Waals surface area (Å²) >= 11 is 0. The second-order valence-corrected chi connectivity index (χ2v) is 4.04. The minimum Gasteiger partial charge on any atom is -0.496 e. The molecule has 18 heavy (non-hydrogen) atoms. The van der Waals surface area contributed by atoms with Gasteiger partial charge < -0.3 is 10.2 Å². The van der Waals surface area contributed by atoms with E-state index in [1.807, 2.05) is 6.07 Å². The van der Waals surface area contributed by atoms with Crippen LogP contribution < -0.4 is 16.0 Å². The fraction of sp³-hybridized carbons (Fsp3) is 0.308. The van der Waals surface area contributed by atoms with Gasteiger partial charge in [-0.1, -0.05) is 13.3 Å². The van der Waals surface area contributed by atoms with Gasteiger partial charge in [0.1, 0.15) is 22.9 Å². The number of halogens is 1. The molecule has 4 nitrogen and oxygen atoms in total. The van der Waals surface area contributed by atoms with Crippen LogP contribution in [0.3, 0.4) is 0 Å². The predicted molar refractivity (Wildman–Crippen MR) is 70.1 cm³/mol. The zero-order chi connectivity index (χ0) is 13.1. The lowest BCUT2D eigenvalue weighted by Gasteiger charge is -2.11. The molecule has 0 fully saturated rings. The van der Waals surface area contributed by atoms with Crippen LogP contribution in [0.4, 0.5) is 10.2 Å². The molecule has 3 N–H and O–H groups in total. The molecule has 0 aliphatic rings. The molecule has 0 aliphatic heterocycles. The summed E-state index contributed by atoms with van der Waals surface area (Å²) in [5, 5.41) is 0.667. The largest absolute Gasteiger partial charge is 0.496 e. The summed E-state index contributed by atoms with van der Waals surface area (Å²) in [4.78, 5) is 4.23. The molecular formula is C13H16FN3O. The normalized spacial score (nSPS) is 10.7. The number of benzene rings is 1. The molecule has 2 aromatic rings. The first kappa shape index (κ1) is 12.6. The van der Waals surface area contributed by atoms with Crippen molar-refractivity contribution in [1.29, 1.82) is 0 Å². The number of rotatable bonds is 4. The number of ether oxygens (including phenoxy) is 1. The first-order chi connectivity index (χ1) is 8.71. The zero-order valence-electron chi connectivity index (χ0n) is 10.5. The Kier molecular flexibility index (Phi) is 3.62. The number of nitrogens with two attached hydrogens (primary N) is 1. The fourth-order valence-electron chi connectivity index (χ4n) is 2.01. The molecule has 0 saturated carbocycles. The highest BCUT2D eigenvalue weighted by atomic mass is 19.1. The predicted octanol–water partition coefficient (Wildman–Crippen LogP) is 2.62. The molecule has 0 bridgehead atoms. The summed E-state index contributed by atoms with van der Waals surface area (Å²) in [6, 6.07) is 4.82. The van der Waals surface area contributed by atoms with Gasteiger partial charge in [-0.15, -0.1) is 0 Å². The Bertz CT molecular complexity index is 572. The van der Waals surface area contributed by atoms with E-state index in [0.29, 0.717) is 17.0 Å². The number of nitrogens with zero attached hydrogens (tertiary/aromatic N) is 1. The maximum Gasteiger partial charge on any atom is 0.149 e. The number of pyridine rings is 1. The third-order valence-electron chi connectivity index (χ3n) is 2.85. The monoisotopic (exact) mass is 249 g/mol. The molecule has 0 spiro atoms. The molecule has 2 rings (SSSR count). The summed E-state index contributed by atoms with van der Waals surface area (Å²) in [6.45, 7) is 2.06. The Morgan fingerprint density at radius 2 is 2.22 bits per heavy atom. The van der Waals surface area contributed by atoms with Crippen LogP contribution in [0, 0.1) is 5.82 Å². The number of aromatic nitrogens is 1. The average molecular weight is 249 g/mol. The van der Waals surface area contributed by atoms with Gasteiger partial charge in [0.05, 0.1) is 7.11 Å². The van der Waals surface area contributed by atoms with Crippen molar-refractivity contribution >= 4 is 16.7 Å². The van der Waals surface area contributed by atoms with Gasteiger partial charge in [-0.3, -0.25) is 0 Å². The van der Waals surface area contributed by atoms with Crippen molar-refractivity contribution in [3.8, 4) is 5.75 Å². The Morgan fingerprint density at radius 3 is 2.83 bits per heavy atom. The van der Waals surface area contributed by atoms with Crippen molar-refractivity contribution in [3.63, 3.8) is 0 Å². The smallest absolute Gasteiger partial charge is 0.149 e. The molecule has 0 atom stereocenters. The van der Waals surface area contributed by atoms with Crippen LogP contribution in [0.1, 0.15) is 18.9 Å². The maximum absolute atomic E-state index is 13.7. The Labute approximate surface area is 105 Å². The van der Waals surface area contributed by atoms with Crippen molar-refractivity contribution in [2.75, 3.05) is 12.5 Å². The third kappa shape index (κ3) is 2.09. The summed E-state index contributed by atoms with van der Waals surface area (Å²) in [6.07, 6.45) is 1.78. The standard InChI is InChI=1S/C13H16FN3O/c1-3-4-8-7-9-11(18-2)6-5-10(14)12(9)16-13(8)17-15/h5-7H,3-4,15H2,1-2H3,(H,16,17). The van der Waals surface area contributed by atoms with E-state index in [2.05, 4.69) is 17.3 Å². The second-order valence-electron chi connectivity index (χ2n) is 4.04. The quantitative estimate of drug-likeness (QED) is 0.646. The van der Waals surface area contributed by atoms with E-state index in [9.17, 15) is 4.39 Å². The summed E-state index contributed by atoms with van der Waals surface area (Å²) in [5.74, 6) is 6.16. The first-order valence-electron chi connectivity index (χ1n) is 5.84. The lowest BCUT2D eigenvalue weighted by molar-refractivity contribution is 0.419. The third-order valence-corrected chi connectivity index (χ3v) is 2.85. The molecular weight excluding hydrogens is 233 g/mol. The van der Waals surface area contributed by atoms with Crippen molar-refractivity contribution < 1.29 is 9.13 Å². The molecule has 0 radical (unpaired) electrons. The van der Waals surface area contributed by atoms with Gasteiger partial charge in [-0.2, -0.15) is 0 Å². The van der Waals surface area contributed by atoms with Gasteiger partial charge >= 0.3 is 0 Å². The Hall–Kier alpha value is -1.88. The van der Waals surface area contributed by atoms with Crippen LogP contribution in [-0.4, -0.2) is 12.1 Å². The van der Waals surface area contributed by atoms with Crippen LogP contribution >= 0.6 is 0 Å². The van der Waals surface area contributed by atoms with Crippen LogP contribution in [-0.2, 0) is 6.42 Å². The highest BCUT2D eigenvalue weighted by Gasteiger charge is 2.12. The van der Waals surface area contributed by atoms with Gasteiger partial charge in [-0.25, -0.2) is 15.2 Å². The highest BCUT2D eigenvalue weighted by Crippen LogP contribution is 2.30. The topological polar surface area (TPSA) is 60.2 Å². The SMILES string of the molecule is CCCc1cc2c(OC)ccc(F)c2nc1NN. The minimum atomic E-state index is -0.384. The molecule has 0 aliphatic carbocycles.